The summed E-state index contributed by atoms with van der Waals surface area (Å²) in [6.07, 6.45) is 3.82. The van der Waals surface area contributed by atoms with Gasteiger partial charge in [-0.2, -0.15) is 0 Å². The number of hydrogen-bond donors (Lipinski definition) is 2. The molecule has 3 aromatic rings. The SMILES string of the molecule is O=C(NC[C@H](c1ccco1)N1CCCC1)c1cccc(S(=O)(=O)Nc2ccc(F)cc2)c1. The van der Waals surface area contributed by atoms with Crippen LogP contribution in [0.1, 0.15) is 35.0 Å². The fraction of sp³-hybridized carbons (Fsp3) is 0.261. The van der Waals surface area contributed by atoms with Crippen LogP contribution >= 0.6 is 0 Å². The number of furan rings is 1. The first-order valence-electron chi connectivity index (χ1n) is 10.4. The zero-order valence-corrected chi connectivity index (χ0v) is 18.1. The van der Waals surface area contributed by atoms with Gasteiger partial charge in [0.05, 0.1) is 17.2 Å². The molecule has 1 fully saturated rings. The van der Waals surface area contributed by atoms with Crippen molar-refractivity contribution in [3.8, 4) is 0 Å². The van der Waals surface area contributed by atoms with Crippen molar-refractivity contribution in [2.75, 3.05) is 24.4 Å². The van der Waals surface area contributed by atoms with Crippen LogP contribution in [0.4, 0.5) is 10.1 Å². The third kappa shape index (κ3) is 5.17. The molecule has 9 heteroatoms. The van der Waals surface area contributed by atoms with Crippen molar-refractivity contribution in [1.82, 2.24) is 10.2 Å². The highest BCUT2D eigenvalue weighted by atomic mass is 32.2. The summed E-state index contributed by atoms with van der Waals surface area (Å²) in [4.78, 5) is 15.0. The molecule has 32 heavy (non-hydrogen) atoms. The molecule has 1 atom stereocenters. The standard InChI is InChI=1S/C23H24FN3O4S/c24-18-8-10-19(11-9-18)26-32(29,30)20-6-3-5-17(15-20)23(28)25-16-21(22-7-4-14-31-22)27-12-1-2-13-27/h3-11,14-15,21,26H,1-2,12-13,16H2,(H,25,28)/t21-/m1/s1. The Hall–Kier alpha value is -3.17. The van der Waals surface area contributed by atoms with E-state index in [0.29, 0.717) is 6.54 Å². The Morgan fingerprint density at radius 3 is 2.50 bits per heavy atom. The molecule has 0 radical (unpaired) electrons. The van der Waals surface area contributed by atoms with Gasteiger partial charge in [-0.15, -0.1) is 0 Å². The average molecular weight is 458 g/mol. The van der Waals surface area contributed by atoms with E-state index in [0.717, 1.165) is 43.8 Å². The Kier molecular flexibility index (Phi) is 6.57. The highest BCUT2D eigenvalue weighted by Gasteiger charge is 2.26. The maximum absolute atomic E-state index is 13.1. The fourth-order valence-electron chi connectivity index (χ4n) is 3.77. The Labute approximate surface area is 186 Å². The van der Waals surface area contributed by atoms with Crippen molar-refractivity contribution in [3.63, 3.8) is 0 Å². The number of nitrogens with one attached hydrogen (secondary N) is 2. The third-order valence-electron chi connectivity index (χ3n) is 5.41. The van der Waals surface area contributed by atoms with Gasteiger partial charge in [-0.1, -0.05) is 6.07 Å². The minimum atomic E-state index is -3.94. The van der Waals surface area contributed by atoms with E-state index < -0.39 is 15.8 Å². The number of hydrogen-bond acceptors (Lipinski definition) is 5. The van der Waals surface area contributed by atoms with Crippen LogP contribution in [0.3, 0.4) is 0 Å². The van der Waals surface area contributed by atoms with E-state index in [1.807, 2.05) is 12.1 Å². The predicted molar refractivity (Wildman–Crippen MR) is 118 cm³/mol. The summed E-state index contributed by atoms with van der Waals surface area (Å²) < 4.78 is 46.4. The minimum Gasteiger partial charge on any atom is -0.468 e. The first kappa shape index (κ1) is 22.0. The monoisotopic (exact) mass is 457 g/mol. The lowest BCUT2D eigenvalue weighted by molar-refractivity contribution is 0.0933. The number of anilines is 1. The van der Waals surface area contributed by atoms with Gasteiger partial charge in [0.1, 0.15) is 11.6 Å². The van der Waals surface area contributed by atoms with Crippen molar-refractivity contribution >= 4 is 21.6 Å². The van der Waals surface area contributed by atoms with Crippen LogP contribution in [-0.2, 0) is 10.0 Å². The first-order chi connectivity index (χ1) is 15.4. The van der Waals surface area contributed by atoms with Crippen molar-refractivity contribution in [2.24, 2.45) is 0 Å². The number of benzene rings is 2. The minimum absolute atomic E-state index is 0.0587. The maximum Gasteiger partial charge on any atom is 0.261 e. The molecule has 4 rings (SSSR count). The number of carbonyl (C=O) groups is 1. The number of sulfonamides is 1. The largest absolute Gasteiger partial charge is 0.468 e. The molecule has 1 saturated heterocycles. The molecule has 2 heterocycles. The summed E-state index contributed by atoms with van der Waals surface area (Å²) in [5.74, 6) is -0.0555. The number of nitrogens with zero attached hydrogens (tertiary/aromatic N) is 1. The van der Waals surface area contributed by atoms with E-state index in [2.05, 4.69) is 14.9 Å². The van der Waals surface area contributed by atoms with Crippen LogP contribution in [0.2, 0.25) is 0 Å². The fourth-order valence-corrected chi connectivity index (χ4v) is 4.88. The summed E-state index contributed by atoms with van der Waals surface area (Å²) in [6.45, 7) is 2.21. The molecule has 1 aliphatic heterocycles. The average Bonchev–Trinajstić information content (AvgIpc) is 3.50. The second kappa shape index (κ2) is 9.54. The van der Waals surface area contributed by atoms with Gasteiger partial charge in [-0.05, 0) is 80.5 Å². The first-order valence-corrected chi connectivity index (χ1v) is 11.8. The Morgan fingerprint density at radius 2 is 1.81 bits per heavy atom. The molecule has 0 saturated carbocycles. The molecular formula is C23H24FN3O4S. The molecule has 1 amide bonds. The van der Waals surface area contributed by atoms with Crippen molar-refractivity contribution in [1.29, 1.82) is 0 Å². The van der Waals surface area contributed by atoms with Crippen molar-refractivity contribution in [3.05, 3.63) is 84.1 Å². The second-order valence-electron chi connectivity index (χ2n) is 7.62. The van der Waals surface area contributed by atoms with Crippen LogP contribution in [0.25, 0.3) is 0 Å². The van der Waals surface area contributed by atoms with E-state index in [-0.39, 0.29) is 28.1 Å². The van der Waals surface area contributed by atoms with Crippen LogP contribution in [0.15, 0.2) is 76.2 Å². The molecule has 0 aliphatic carbocycles. The molecule has 168 valence electrons. The van der Waals surface area contributed by atoms with Crippen LogP contribution in [0.5, 0.6) is 0 Å². The molecule has 0 spiro atoms. The smallest absolute Gasteiger partial charge is 0.261 e. The van der Waals surface area contributed by atoms with Gasteiger partial charge in [0.25, 0.3) is 15.9 Å². The lowest BCUT2D eigenvalue weighted by Gasteiger charge is -2.26. The normalized spacial score (nSPS) is 15.4. The number of carbonyl (C=O) groups excluding carboxylic acids is 1. The van der Waals surface area contributed by atoms with Crippen LogP contribution in [-0.4, -0.2) is 38.9 Å². The topological polar surface area (TPSA) is 91.7 Å². The zero-order chi connectivity index (χ0) is 22.6. The van der Waals surface area contributed by atoms with Crippen LogP contribution < -0.4 is 10.0 Å². The van der Waals surface area contributed by atoms with E-state index in [1.54, 1.807) is 12.3 Å². The lowest BCUT2D eigenvalue weighted by atomic mass is 10.1. The Morgan fingerprint density at radius 1 is 1.06 bits per heavy atom. The molecule has 0 unspecified atom stereocenters. The number of likely N-dealkylation sites (tertiary alicyclic amines) is 1. The van der Waals surface area contributed by atoms with Gasteiger partial charge in [-0.25, -0.2) is 12.8 Å². The summed E-state index contributed by atoms with van der Waals surface area (Å²) >= 11 is 0. The molecule has 2 N–H and O–H groups in total. The quantitative estimate of drug-likeness (QED) is 0.537. The molecule has 1 aromatic heterocycles. The summed E-state index contributed by atoms with van der Waals surface area (Å²) in [6, 6.07) is 14.4. The number of amides is 1. The van der Waals surface area contributed by atoms with E-state index in [1.165, 1.54) is 30.3 Å². The van der Waals surface area contributed by atoms with Crippen molar-refractivity contribution < 1.29 is 22.0 Å². The highest BCUT2D eigenvalue weighted by molar-refractivity contribution is 7.92. The van der Waals surface area contributed by atoms with Gasteiger partial charge < -0.3 is 9.73 Å². The zero-order valence-electron chi connectivity index (χ0n) is 17.3. The summed E-state index contributed by atoms with van der Waals surface area (Å²) in [7, 11) is -3.94. The summed E-state index contributed by atoms with van der Waals surface area (Å²) in [5.41, 5.74) is 0.458. The molecule has 0 bridgehead atoms. The molecule has 1 aliphatic rings. The Bertz CT molecular complexity index is 1160. The second-order valence-corrected chi connectivity index (χ2v) is 9.31. The van der Waals surface area contributed by atoms with E-state index in [9.17, 15) is 17.6 Å². The maximum atomic E-state index is 13.1. The van der Waals surface area contributed by atoms with Gasteiger partial charge in [0, 0.05) is 17.8 Å². The molecular weight excluding hydrogens is 433 g/mol. The van der Waals surface area contributed by atoms with Gasteiger partial charge in [-0.3, -0.25) is 14.4 Å². The molecule has 7 nitrogen and oxygen atoms in total. The Balaban J connectivity index is 1.46. The number of halogens is 1. The molecule has 2 aromatic carbocycles. The van der Waals surface area contributed by atoms with Gasteiger partial charge in [0.15, 0.2) is 0 Å². The van der Waals surface area contributed by atoms with Gasteiger partial charge in [0.2, 0.25) is 0 Å². The number of rotatable bonds is 8. The van der Waals surface area contributed by atoms with Gasteiger partial charge >= 0.3 is 0 Å². The lowest BCUT2D eigenvalue weighted by Crippen LogP contribution is -2.36. The van der Waals surface area contributed by atoms with E-state index in [4.69, 9.17) is 4.42 Å². The third-order valence-corrected chi connectivity index (χ3v) is 6.79. The highest BCUT2D eigenvalue weighted by Crippen LogP contribution is 2.25. The van der Waals surface area contributed by atoms with Crippen LogP contribution in [0, 0.1) is 5.82 Å². The predicted octanol–water partition coefficient (Wildman–Crippen LogP) is 3.79. The van der Waals surface area contributed by atoms with Crippen molar-refractivity contribution in [2.45, 2.75) is 23.8 Å². The van der Waals surface area contributed by atoms with E-state index >= 15 is 0 Å². The summed E-state index contributed by atoms with van der Waals surface area (Å²) in [5, 5.41) is 2.90.